The number of benzene rings is 1. The summed E-state index contributed by atoms with van der Waals surface area (Å²) in [4.78, 5) is 24.2. The standard InChI is InChI=1S/C25H24F2IN4O6P/c1-15-19(17-11-22(32-4-6-34-7-5-32)31-23(12-17)35-8-9-36-39-28)13-18(14-29-15)30-24(33)16-2-3-20-21(10-16)38-25(26,27)37-20/h2-3,10-14,39H,4-9H2,1H3,(H,30,33). The molecule has 0 aliphatic carbocycles. The molecule has 1 fully saturated rings. The van der Waals surface area contributed by atoms with Crippen LogP contribution in [-0.4, -0.2) is 61.7 Å². The molecule has 1 unspecified atom stereocenters. The third-order valence-corrected chi connectivity index (χ3v) is 7.18. The minimum Gasteiger partial charge on any atom is -0.475 e. The Balaban J connectivity index is 1.40. The van der Waals surface area contributed by atoms with Gasteiger partial charge in [0.05, 0.1) is 38.2 Å². The van der Waals surface area contributed by atoms with Gasteiger partial charge in [-0.15, -0.1) is 8.78 Å². The predicted molar refractivity (Wildman–Crippen MR) is 150 cm³/mol. The van der Waals surface area contributed by atoms with Crippen LogP contribution >= 0.6 is 28.5 Å². The number of anilines is 2. The van der Waals surface area contributed by atoms with E-state index >= 15 is 0 Å². The number of amides is 1. The fourth-order valence-corrected chi connectivity index (χ4v) is 4.91. The number of ether oxygens (including phenoxy) is 4. The molecule has 1 amide bonds. The van der Waals surface area contributed by atoms with Crippen molar-refractivity contribution in [2.24, 2.45) is 0 Å². The Bertz CT molecular complexity index is 1360. The number of rotatable bonds is 9. The molecule has 1 N–H and O–H groups in total. The molecule has 206 valence electrons. The average Bonchev–Trinajstić information content (AvgIpc) is 3.25. The van der Waals surface area contributed by atoms with E-state index in [0.29, 0.717) is 57.5 Å². The molecule has 0 saturated carbocycles. The number of nitrogens with zero attached hydrogens (tertiary/aromatic N) is 3. The molecule has 10 nitrogen and oxygen atoms in total. The number of aromatic nitrogens is 2. The molecule has 2 aliphatic heterocycles. The zero-order valence-electron chi connectivity index (χ0n) is 20.7. The van der Waals surface area contributed by atoms with Crippen LogP contribution in [0.5, 0.6) is 17.4 Å². The van der Waals surface area contributed by atoms with Gasteiger partial charge in [0.25, 0.3) is 5.91 Å². The van der Waals surface area contributed by atoms with Gasteiger partial charge in [-0.3, -0.25) is 9.78 Å². The minimum atomic E-state index is -3.76. The normalized spacial score (nSPS) is 16.1. The maximum atomic E-state index is 13.4. The van der Waals surface area contributed by atoms with Crippen LogP contribution in [0.3, 0.4) is 0 Å². The van der Waals surface area contributed by atoms with Gasteiger partial charge < -0.3 is 33.7 Å². The maximum Gasteiger partial charge on any atom is 0.586 e. The van der Waals surface area contributed by atoms with E-state index in [1.165, 1.54) is 24.4 Å². The summed E-state index contributed by atoms with van der Waals surface area (Å²) in [6.07, 6.45) is -2.23. The van der Waals surface area contributed by atoms with Crippen LogP contribution in [0.2, 0.25) is 0 Å². The average molecular weight is 672 g/mol. The topological polar surface area (TPSA) is 104 Å². The molecule has 4 heterocycles. The molecule has 0 spiro atoms. The lowest BCUT2D eigenvalue weighted by Crippen LogP contribution is -2.36. The number of alkyl halides is 2. The van der Waals surface area contributed by atoms with Crippen molar-refractivity contribution in [1.29, 1.82) is 0 Å². The monoisotopic (exact) mass is 672 g/mol. The second-order valence-corrected chi connectivity index (χ2v) is 10.3. The first kappa shape index (κ1) is 27.7. The van der Waals surface area contributed by atoms with Gasteiger partial charge >= 0.3 is 6.29 Å². The van der Waals surface area contributed by atoms with Crippen molar-refractivity contribution >= 4 is 45.9 Å². The van der Waals surface area contributed by atoms with Gasteiger partial charge in [-0.1, -0.05) is 0 Å². The van der Waals surface area contributed by atoms with Crippen LogP contribution < -0.4 is 24.4 Å². The summed E-state index contributed by atoms with van der Waals surface area (Å²) in [5.41, 5.74) is 2.86. The first-order valence-corrected chi connectivity index (χ1v) is 16.0. The Morgan fingerprint density at radius 2 is 1.95 bits per heavy atom. The Morgan fingerprint density at radius 3 is 2.74 bits per heavy atom. The lowest BCUT2D eigenvalue weighted by Gasteiger charge is -2.28. The smallest absolute Gasteiger partial charge is 0.475 e. The van der Waals surface area contributed by atoms with Crippen molar-refractivity contribution < 1.29 is 37.0 Å². The number of pyridine rings is 2. The molecular formula is C25H24F2IN4O6P. The van der Waals surface area contributed by atoms with E-state index < -0.39 is 12.2 Å². The number of hydrogen-bond acceptors (Lipinski definition) is 9. The zero-order chi connectivity index (χ0) is 27.4. The Kier molecular flexibility index (Phi) is 8.60. The molecule has 1 atom stereocenters. The molecule has 0 radical (unpaired) electrons. The highest BCUT2D eigenvalue weighted by Crippen LogP contribution is 2.41. The van der Waals surface area contributed by atoms with Gasteiger partial charge in [-0.25, -0.2) is 0 Å². The molecule has 2 aliphatic rings. The van der Waals surface area contributed by atoms with E-state index in [-0.39, 0.29) is 17.1 Å². The van der Waals surface area contributed by atoms with E-state index in [1.54, 1.807) is 6.07 Å². The number of fused-ring (bicyclic) bond motifs is 1. The van der Waals surface area contributed by atoms with Crippen LogP contribution in [0.15, 0.2) is 42.6 Å². The third-order valence-electron chi connectivity index (χ3n) is 5.93. The van der Waals surface area contributed by atoms with Crippen molar-refractivity contribution in [3.05, 3.63) is 53.9 Å². The molecule has 0 bridgehead atoms. The Morgan fingerprint density at radius 1 is 1.15 bits per heavy atom. The van der Waals surface area contributed by atoms with Crippen molar-refractivity contribution in [1.82, 2.24) is 9.97 Å². The zero-order valence-corrected chi connectivity index (χ0v) is 23.9. The van der Waals surface area contributed by atoms with Crippen LogP contribution in [0, 0.1) is 6.92 Å². The number of carbonyl (C=O) groups excluding carboxylic acids is 1. The summed E-state index contributed by atoms with van der Waals surface area (Å²) >= 11 is 2.15. The van der Waals surface area contributed by atoms with Crippen LogP contribution in [0.25, 0.3) is 11.1 Å². The van der Waals surface area contributed by atoms with Crippen molar-refractivity contribution in [2.75, 3.05) is 49.7 Å². The summed E-state index contributed by atoms with van der Waals surface area (Å²) in [6, 6.07) is 9.42. The number of carbonyl (C=O) groups is 1. The highest BCUT2D eigenvalue weighted by molar-refractivity contribution is 14.2. The van der Waals surface area contributed by atoms with Crippen LogP contribution in [0.4, 0.5) is 20.3 Å². The van der Waals surface area contributed by atoms with E-state index in [0.717, 1.165) is 22.6 Å². The van der Waals surface area contributed by atoms with Crippen molar-refractivity contribution in [3.8, 4) is 28.5 Å². The lowest BCUT2D eigenvalue weighted by molar-refractivity contribution is -0.286. The number of aryl methyl sites for hydroxylation is 1. The number of hydrogen-bond donors (Lipinski definition) is 1. The molecule has 1 saturated heterocycles. The van der Waals surface area contributed by atoms with Gasteiger partial charge in [-0.2, -0.15) is 4.98 Å². The lowest BCUT2D eigenvalue weighted by atomic mass is 10.0. The molecular weight excluding hydrogens is 648 g/mol. The highest BCUT2D eigenvalue weighted by Gasteiger charge is 2.43. The fourth-order valence-electron chi connectivity index (χ4n) is 4.09. The molecule has 14 heteroatoms. The number of morpholine rings is 1. The van der Waals surface area contributed by atoms with Gasteiger partial charge in [0.1, 0.15) is 12.4 Å². The SMILES string of the molecule is Cc1ncc(NC(=O)c2ccc3c(c2)OC(F)(F)O3)cc1-c1cc(OCCOPI)nc(N2CCOCC2)c1. The predicted octanol–water partition coefficient (Wildman–Crippen LogP) is 5.20. The number of nitrogens with one attached hydrogen (secondary N) is 1. The summed E-state index contributed by atoms with van der Waals surface area (Å²) in [5.74, 6) is 0.328. The molecule has 39 heavy (non-hydrogen) atoms. The quantitative estimate of drug-likeness (QED) is 0.187. The van der Waals surface area contributed by atoms with E-state index in [9.17, 15) is 13.6 Å². The van der Waals surface area contributed by atoms with Gasteiger partial charge in [0.15, 0.2) is 11.5 Å². The van der Waals surface area contributed by atoms with Gasteiger partial charge in [0.2, 0.25) is 5.88 Å². The van der Waals surface area contributed by atoms with E-state index in [4.69, 9.17) is 14.0 Å². The molecule has 3 aromatic rings. The summed E-state index contributed by atoms with van der Waals surface area (Å²) in [6.45, 7) is 5.61. The first-order valence-electron chi connectivity index (χ1n) is 11.9. The Hall–Kier alpha value is -2.87. The molecule has 1 aromatic carbocycles. The first-order chi connectivity index (χ1) is 18.8. The second kappa shape index (κ2) is 12.1. The maximum absolute atomic E-state index is 13.4. The van der Waals surface area contributed by atoms with Crippen molar-refractivity contribution in [2.45, 2.75) is 13.2 Å². The summed E-state index contributed by atoms with van der Waals surface area (Å²) in [5, 5.41) is 2.77. The Labute approximate surface area is 237 Å². The van der Waals surface area contributed by atoms with Crippen LogP contribution in [-0.2, 0) is 9.26 Å². The molecule has 5 rings (SSSR count). The minimum absolute atomic E-state index is 0.126. The van der Waals surface area contributed by atoms with Gasteiger partial charge in [-0.05, 0) is 64.9 Å². The third kappa shape index (κ3) is 6.83. The van der Waals surface area contributed by atoms with E-state index in [1.807, 2.05) is 19.1 Å². The second-order valence-electron chi connectivity index (χ2n) is 8.57. The number of halogens is 3. The van der Waals surface area contributed by atoms with Crippen molar-refractivity contribution in [3.63, 3.8) is 0 Å². The fraction of sp³-hybridized carbons (Fsp3) is 0.320. The summed E-state index contributed by atoms with van der Waals surface area (Å²) in [7, 11) is 0. The van der Waals surface area contributed by atoms with Gasteiger partial charge in [0, 0.05) is 36.0 Å². The summed E-state index contributed by atoms with van der Waals surface area (Å²) < 4.78 is 52.3. The highest BCUT2D eigenvalue weighted by atomic mass is 127. The van der Waals surface area contributed by atoms with Crippen LogP contribution in [0.1, 0.15) is 16.1 Å². The van der Waals surface area contributed by atoms with E-state index in [2.05, 4.69) is 51.7 Å². The molecule has 2 aromatic heterocycles. The largest absolute Gasteiger partial charge is 0.586 e.